The van der Waals surface area contributed by atoms with Crippen LogP contribution < -0.4 is 0 Å². The van der Waals surface area contributed by atoms with Gasteiger partial charge in [-0.05, 0) is 46.6 Å². The molecule has 0 radical (unpaired) electrons. The fraction of sp³-hybridized carbons (Fsp3) is 0.379. The van der Waals surface area contributed by atoms with Gasteiger partial charge in [0.15, 0.2) is 5.69 Å². The van der Waals surface area contributed by atoms with E-state index in [0.29, 0.717) is 5.69 Å². The van der Waals surface area contributed by atoms with Crippen molar-refractivity contribution >= 4 is 17.1 Å². The third-order valence-corrected chi connectivity index (χ3v) is 6.30. The molecule has 0 aliphatic carbocycles. The summed E-state index contributed by atoms with van der Waals surface area (Å²) >= 11 is 0. The Bertz CT molecular complexity index is 1260. The molecule has 3 aromatic rings. The first-order valence-electron chi connectivity index (χ1n) is 11.8. The van der Waals surface area contributed by atoms with Crippen molar-refractivity contribution in [2.75, 3.05) is 0 Å². The highest BCUT2D eigenvalue weighted by molar-refractivity contribution is 5.62. The van der Waals surface area contributed by atoms with Gasteiger partial charge in [-0.2, -0.15) is 0 Å². The molecule has 35 heavy (non-hydrogen) atoms. The molecule has 6 nitrogen and oxygen atoms in total. The predicted molar refractivity (Wildman–Crippen MR) is 141 cm³/mol. The van der Waals surface area contributed by atoms with Crippen LogP contribution in [0.2, 0.25) is 0 Å². The average Bonchev–Trinajstić information content (AvgIpc) is 2.76. The minimum absolute atomic E-state index is 0.0119. The molecule has 0 spiro atoms. The van der Waals surface area contributed by atoms with Crippen molar-refractivity contribution in [3.63, 3.8) is 0 Å². The number of nitro groups is 1. The van der Waals surface area contributed by atoms with E-state index >= 15 is 0 Å². The zero-order valence-electron chi connectivity index (χ0n) is 21.9. The molecule has 1 N–H and O–H groups in total. The van der Waals surface area contributed by atoms with Gasteiger partial charge in [-0.15, -0.1) is 10.2 Å². The normalized spacial score (nSPS) is 13.3. The van der Waals surface area contributed by atoms with Crippen LogP contribution in [-0.2, 0) is 10.8 Å². The maximum atomic E-state index is 11.9. The Morgan fingerprint density at radius 2 is 1.40 bits per heavy atom. The van der Waals surface area contributed by atoms with E-state index in [0.717, 1.165) is 27.8 Å². The van der Waals surface area contributed by atoms with Crippen LogP contribution in [0.5, 0.6) is 5.75 Å². The van der Waals surface area contributed by atoms with E-state index < -0.39 is 4.92 Å². The molecule has 3 rings (SSSR count). The highest BCUT2D eigenvalue weighted by Gasteiger charge is 2.25. The SMILES string of the molecule is Cc1ccc(C(C)c2ccc(/N=N/c3cc(C(C)(C)C)cc(C(C)(C)C)c3O)c([N+](=O)[O-])c2)cc1. The molecule has 3 aromatic carbocycles. The predicted octanol–water partition coefficient (Wildman–Crippen LogP) is 8.77. The molecule has 0 bridgehead atoms. The van der Waals surface area contributed by atoms with E-state index in [1.807, 2.05) is 71.0 Å². The lowest BCUT2D eigenvalue weighted by Crippen LogP contribution is -2.16. The summed E-state index contributed by atoms with van der Waals surface area (Å²) in [6, 6.07) is 17.0. The van der Waals surface area contributed by atoms with Gasteiger partial charge >= 0.3 is 0 Å². The fourth-order valence-electron chi connectivity index (χ4n) is 3.90. The minimum Gasteiger partial charge on any atom is -0.505 e. The van der Waals surface area contributed by atoms with Crippen LogP contribution in [0.25, 0.3) is 0 Å². The summed E-state index contributed by atoms with van der Waals surface area (Å²) in [5.74, 6) is 0.0312. The molecular weight excluding hydrogens is 438 g/mol. The topological polar surface area (TPSA) is 88.1 Å². The lowest BCUT2D eigenvalue weighted by Gasteiger charge is -2.26. The largest absolute Gasteiger partial charge is 0.505 e. The van der Waals surface area contributed by atoms with Crippen molar-refractivity contribution in [3.05, 3.63) is 92.5 Å². The van der Waals surface area contributed by atoms with Crippen molar-refractivity contribution in [1.82, 2.24) is 0 Å². The Kier molecular flexibility index (Phi) is 7.16. The van der Waals surface area contributed by atoms with Gasteiger partial charge in [-0.3, -0.25) is 10.1 Å². The summed E-state index contributed by atoms with van der Waals surface area (Å²) in [6.07, 6.45) is 0. The summed E-state index contributed by atoms with van der Waals surface area (Å²) in [5.41, 5.74) is 4.68. The Morgan fingerprint density at radius 1 is 0.829 bits per heavy atom. The molecule has 0 heterocycles. The second-order valence-electron chi connectivity index (χ2n) is 11.2. The summed E-state index contributed by atoms with van der Waals surface area (Å²) in [7, 11) is 0. The van der Waals surface area contributed by atoms with Crippen molar-refractivity contribution in [2.45, 2.75) is 72.1 Å². The Hall–Kier alpha value is -3.54. The van der Waals surface area contributed by atoms with Crippen molar-refractivity contribution < 1.29 is 10.0 Å². The van der Waals surface area contributed by atoms with Gasteiger partial charge in [0, 0.05) is 17.5 Å². The van der Waals surface area contributed by atoms with Crippen LogP contribution in [0, 0.1) is 17.0 Å². The molecule has 0 saturated carbocycles. The lowest BCUT2D eigenvalue weighted by molar-refractivity contribution is -0.384. The maximum Gasteiger partial charge on any atom is 0.297 e. The summed E-state index contributed by atoms with van der Waals surface area (Å²) in [5, 5.41) is 31.3. The molecule has 0 aliphatic rings. The maximum absolute atomic E-state index is 11.9. The standard InChI is InChI=1S/C29H35N3O3/c1-18-9-11-20(12-10-18)19(2)21-13-14-24(26(15-21)32(34)35)30-31-25-17-22(28(3,4)5)16-23(27(25)33)29(6,7)8/h9-17,19,33H,1-8H3/b31-30+. The lowest BCUT2D eigenvalue weighted by atomic mass is 9.80. The number of phenols is 1. The molecule has 0 fully saturated rings. The van der Waals surface area contributed by atoms with E-state index in [-0.39, 0.29) is 33.9 Å². The molecule has 0 saturated heterocycles. The minimum atomic E-state index is -0.439. The number of hydrogen-bond donors (Lipinski definition) is 1. The third kappa shape index (κ3) is 5.94. The first kappa shape index (κ1) is 26.1. The van der Waals surface area contributed by atoms with Crippen molar-refractivity contribution in [3.8, 4) is 5.75 Å². The Balaban J connectivity index is 2.05. The molecule has 1 unspecified atom stereocenters. The van der Waals surface area contributed by atoms with Gasteiger partial charge in [0.25, 0.3) is 5.69 Å². The average molecular weight is 474 g/mol. The number of aryl methyl sites for hydroxylation is 1. The third-order valence-electron chi connectivity index (χ3n) is 6.30. The molecular formula is C29H35N3O3. The number of rotatable bonds is 5. The van der Waals surface area contributed by atoms with Gasteiger partial charge < -0.3 is 5.11 Å². The summed E-state index contributed by atoms with van der Waals surface area (Å²) in [4.78, 5) is 11.4. The van der Waals surface area contributed by atoms with Crippen LogP contribution in [0.3, 0.4) is 0 Å². The van der Waals surface area contributed by atoms with E-state index in [4.69, 9.17) is 0 Å². The highest BCUT2D eigenvalue weighted by atomic mass is 16.6. The van der Waals surface area contributed by atoms with E-state index in [1.54, 1.807) is 18.2 Å². The van der Waals surface area contributed by atoms with Gasteiger partial charge in [0.2, 0.25) is 0 Å². The molecule has 6 heteroatoms. The Labute approximate surface area is 207 Å². The molecule has 0 aliphatic heterocycles. The number of azo groups is 1. The van der Waals surface area contributed by atoms with E-state index in [9.17, 15) is 15.2 Å². The smallest absolute Gasteiger partial charge is 0.297 e. The number of nitrogens with zero attached hydrogens (tertiary/aromatic N) is 3. The molecule has 0 aromatic heterocycles. The van der Waals surface area contributed by atoms with Gasteiger partial charge in [0.05, 0.1) is 4.92 Å². The number of hydrogen-bond acceptors (Lipinski definition) is 5. The molecule has 1 atom stereocenters. The van der Waals surface area contributed by atoms with Crippen LogP contribution >= 0.6 is 0 Å². The van der Waals surface area contributed by atoms with Crippen LogP contribution in [0.15, 0.2) is 64.8 Å². The second kappa shape index (κ2) is 9.61. The van der Waals surface area contributed by atoms with Crippen LogP contribution in [0.1, 0.15) is 82.2 Å². The van der Waals surface area contributed by atoms with Crippen LogP contribution in [-0.4, -0.2) is 10.0 Å². The zero-order chi connectivity index (χ0) is 26.1. The van der Waals surface area contributed by atoms with Crippen molar-refractivity contribution in [2.24, 2.45) is 10.2 Å². The highest BCUT2D eigenvalue weighted by Crippen LogP contribution is 2.43. The first-order valence-corrected chi connectivity index (χ1v) is 11.8. The monoisotopic (exact) mass is 473 g/mol. The quantitative estimate of drug-likeness (QED) is 0.228. The first-order chi connectivity index (χ1) is 16.2. The van der Waals surface area contributed by atoms with E-state index in [2.05, 4.69) is 31.0 Å². The van der Waals surface area contributed by atoms with Crippen molar-refractivity contribution in [1.29, 1.82) is 0 Å². The molecule has 184 valence electrons. The van der Waals surface area contributed by atoms with Gasteiger partial charge in [-0.1, -0.05) is 90.4 Å². The van der Waals surface area contributed by atoms with Gasteiger partial charge in [0.1, 0.15) is 11.4 Å². The summed E-state index contributed by atoms with van der Waals surface area (Å²) in [6.45, 7) is 16.4. The number of nitro benzene ring substituents is 1. The summed E-state index contributed by atoms with van der Waals surface area (Å²) < 4.78 is 0. The van der Waals surface area contributed by atoms with Gasteiger partial charge in [-0.25, -0.2) is 0 Å². The van der Waals surface area contributed by atoms with Crippen LogP contribution in [0.4, 0.5) is 17.1 Å². The number of benzene rings is 3. The molecule has 0 amide bonds. The zero-order valence-corrected chi connectivity index (χ0v) is 21.9. The number of phenolic OH excluding ortho intramolecular Hbond substituents is 1. The number of aromatic hydroxyl groups is 1. The van der Waals surface area contributed by atoms with E-state index in [1.165, 1.54) is 0 Å². The Morgan fingerprint density at radius 3 is 1.94 bits per heavy atom. The second-order valence-corrected chi connectivity index (χ2v) is 11.2. The fourth-order valence-corrected chi connectivity index (χ4v) is 3.90.